The SMILES string of the molecule is C=CC(=O)O.C=CC(=O)OCCC[Si](OC)(OC)OC. The van der Waals surface area contributed by atoms with Crippen LogP contribution in [0.15, 0.2) is 25.3 Å². The van der Waals surface area contributed by atoms with E-state index >= 15 is 0 Å². The summed E-state index contributed by atoms with van der Waals surface area (Å²) in [6.07, 6.45) is 2.61. The molecule has 8 heteroatoms. The maximum atomic E-state index is 10.7. The predicted octanol–water partition coefficient (Wildman–Crippen LogP) is 1.24. The maximum absolute atomic E-state index is 10.7. The summed E-state index contributed by atoms with van der Waals surface area (Å²) in [5.41, 5.74) is 0. The molecule has 0 unspecified atom stereocenters. The number of esters is 1. The lowest BCUT2D eigenvalue weighted by Gasteiger charge is -2.23. The molecule has 1 N–H and O–H groups in total. The summed E-state index contributed by atoms with van der Waals surface area (Å²) >= 11 is 0. The molecule has 0 aromatic carbocycles. The van der Waals surface area contributed by atoms with Crippen molar-refractivity contribution in [3.8, 4) is 0 Å². The predicted molar refractivity (Wildman–Crippen MR) is 75.2 cm³/mol. The number of ether oxygens (including phenoxy) is 1. The van der Waals surface area contributed by atoms with Crippen molar-refractivity contribution in [2.75, 3.05) is 27.9 Å². The third kappa shape index (κ3) is 10.4. The van der Waals surface area contributed by atoms with Gasteiger partial charge in [0.25, 0.3) is 0 Å². The first-order valence-electron chi connectivity index (χ1n) is 5.71. The lowest BCUT2D eigenvalue weighted by molar-refractivity contribution is -0.137. The molecule has 0 bridgehead atoms. The normalized spacial score (nSPS) is 9.95. The molecule has 116 valence electrons. The van der Waals surface area contributed by atoms with Crippen molar-refractivity contribution in [2.45, 2.75) is 12.5 Å². The third-order valence-electron chi connectivity index (χ3n) is 2.15. The van der Waals surface area contributed by atoms with Crippen LogP contribution in [0.4, 0.5) is 0 Å². The number of carboxylic acid groups (broad SMARTS) is 1. The van der Waals surface area contributed by atoms with E-state index in [1.54, 1.807) is 21.3 Å². The van der Waals surface area contributed by atoms with Crippen LogP contribution in [0.5, 0.6) is 0 Å². The topological polar surface area (TPSA) is 91.3 Å². The first kappa shape index (κ1) is 20.8. The lowest BCUT2D eigenvalue weighted by atomic mass is 10.5. The Morgan fingerprint density at radius 1 is 1.10 bits per heavy atom. The summed E-state index contributed by atoms with van der Waals surface area (Å²) in [4.78, 5) is 20.0. The van der Waals surface area contributed by atoms with Crippen molar-refractivity contribution >= 4 is 20.7 Å². The van der Waals surface area contributed by atoms with Gasteiger partial charge in [-0.05, 0) is 6.42 Å². The molecule has 0 heterocycles. The number of hydrogen-bond acceptors (Lipinski definition) is 6. The minimum atomic E-state index is -2.52. The zero-order valence-electron chi connectivity index (χ0n) is 12.1. The van der Waals surface area contributed by atoms with Gasteiger partial charge in [-0.1, -0.05) is 13.2 Å². The molecular weight excluding hydrogens is 284 g/mol. The van der Waals surface area contributed by atoms with Gasteiger partial charge in [0.1, 0.15) is 0 Å². The first-order valence-corrected chi connectivity index (χ1v) is 7.64. The fourth-order valence-corrected chi connectivity index (χ4v) is 2.77. The Morgan fingerprint density at radius 2 is 1.55 bits per heavy atom. The van der Waals surface area contributed by atoms with Crippen LogP contribution in [0.1, 0.15) is 6.42 Å². The zero-order chi connectivity index (χ0) is 16.0. The summed E-state index contributed by atoms with van der Waals surface area (Å²) in [6, 6.07) is 0.612. The molecule has 7 nitrogen and oxygen atoms in total. The molecule has 0 aliphatic rings. The number of rotatable bonds is 9. The van der Waals surface area contributed by atoms with E-state index in [0.717, 1.165) is 12.2 Å². The Morgan fingerprint density at radius 3 is 1.85 bits per heavy atom. The van der Waals surface area contributed by atoms with Gasteiger partial charge in [-0.25, -0.2) is 9.59 Å². The minimum absolute atomic E-state index is 0.315. The quantitative estimate of drug-likeness (QED) is 0.296. The Kier molecular flexibility index (Phi) is 13.1. The van der Waals surface area contributed by atoms with Gasteiger partial charge in [0, 0.05) is 39.5 Å². The molecule has 0 radical (unpaired) electrons. The maximum Gasteiger partial charge on any atom is 0.500 e. The highest BCUT2D eigenvalue weighted by molar-refractivity contribution is 6.60. The second kappa shape index (κ2) is 12.5. The largest absolute Gasteiger partial charge is 0.500 e. The van der Waals surface area contributed by atoms with E-state index in [9.17, 15) is 9.59 Å². The highest BCUT2D eigenvalue weighted by Crippen LogP contribution is 2.14. The first-order chi connectivity index (χ1) is 9.41. The van der Waals surface area contributed by atoms with Crippen LogP contribution in [-0.2, 0) is 27.6 Å². The number of carbonyl (C=O) groups excluding carboxylic acids is 1. The minimum Gasteiger partial charge on any atom is -0.478 e. The van der Waals surface area contributed by atoms with Gasteiger partial charge in [-0.3, -0.25) is 0 Å². The van der Waals surface area contributed by atoms with E-state index in [2.05, 4.69) is 13.2 Å². The van der Waals surface area contributed by atoms with Gasteiger partial charge >= 0.3 is 20.7 Å². The fraction of sp³-hybridized carbons (Fsp3) is 0.500. The van der Waals surface area contributed by atoms with E-state index in [1.807, 2.05) is 0 Å². The van der Waals surface area contributed by atoms with Crippen LogP contribution >= 0.6 is 0 Å². The molecule has 0 saturated carbocycles. The smallest absolute Gasteiger partial charge is 0.478 e. The van der Waals surface area contributed by atoms with Crippen LogP contribution in [0.3, 0.4) is 0 Å². The van der Waals surface area contributed by atoms with Crippen LogP contribution in [0.25, 0.3) is 0 Å². The summed E-state index contributed by atoms with van der Waals surface area (Å²) in [7, 11) is 2.13. The molecule has 0 saturated heterocycles. The average Bonchev–Trinajstić information content (AvgIpc) is 2.48. The molecule has 20 heavy (non-hydrogen) atoms. The van der Waals surface area contributed by atoms with Crippen LogP contribution in [-0.4, -0.2) is 53.8 Å². The van der Waals surface area contributed by atoms with E-state index in [4.69, 9.17) is 23.1 Å². The Balaban J connectivity index is 0. The highest BCUT2D eigenvalue weighted by Gasteiger charge is 2.36. The monoisotopic (exact) mass is 306 g/mol. The molecule has 0 aromatic rings. The number of hydrogen-bond donors (Lipinski definition) is 1. The van der Waals surface area contributed by atoms with Gasteiger partial charge in [-0.2, -0.15) is 0 Å². The third-order valence-corrected chi connectivity index (χ3v) is 4.98. The van der Waals surface area contributed by atoms with Crippen LogP contribution < -0.4 is 0 Å². The fourth-order valence-electron chi connectivity index (χ4n) is 1.08. The zero-order valence-corrected chi connectivity index (χ0v) is 13.1. The van der Waals surface area contributed by atoms with Gasteiger partial charge in [0.2, 0.25) is 0 Å². The van der Waals surface area contributed by atoms with Crippen molar-refractivity contribution in [3.05, 3.63) is 25.3 Å². The molecule has 0 atom stereocenters. The lowest BCUT2D eigenvalue weighted by Crippen LogP contribution is -2.42. The highest BCUT2D eigenvalue weighted by atomic mass is 28.4. The van der Waals surface area contributed by atoms with Crippen molar-refractivity contribution in [1.82, 2.24) is 0 Å². The molecule has 0 amide bonds. The Bertz CT molecular complexity index is 305. The molecular formula is C12H22O7Si. The summed E-state index contributed by atoms with van der Waals surface area (Å²) < 4.78 is 20.4. The second-order valence-electron chi connectivity index (χ2n) is 3.31. The molecule has 0 aromatic heterocycles. The average molecular weight is 306 g/mol. The van der Waals surface area contributed by atoms with Crippen molar-refractivity contribution < 1.29 is 32.7 Å². The van der Waals surface area contributed by atoms with E-state index in [-0.39, 0.29) is 0 Å². The molecule has 0 aliphatic heterocycles. The number of carboxylic acids is 1. The molecule has 0 aliphatic carbocycles. The van der Waals surface area contributed by atoms with E-state index < -0.39 is 20.7 Å². The molecule has 0 spiro atoms. The van der Waals surface area contributed by atoms with Gasteiger partial charge in [-0.15, -0.1) is 0 Å². The summed E-state index contributed by atoms with van der Waals surface area (Å²) in [5, 5.41) is 7.60. The summed E-state index contributed by atoms with van der Waals surface area (Å²) in [6.45, 7) is 6.57. The Labute approximate surface area is 120 Å². The summed E-state index contributed by atoms with van der Waals surface area (Å²) in [5.74, 6) is -1.40. The standard InChI is InChI=1S/C9H18O5Si.C3H4O2/c1-5-9(10)14-7-6-8-15(11-2,12-3)13-4;1-2-3(4)5/h5H,1,6-8H2,2-4H3;2H,1H2,(H,4,5). The number of carbonyl (C=O) groups is 2. The van der Waals surface area contributed by atoms with Crippen molar-refractivity contribution in [1.29, 1.82) is 0 Å². The number of aliphatic carboxylic acids is 1. The Hall–Kier alpha value is -1.48. The van der Waals surface area contributed by atoms with E-state index in [0.29, 0.717) is 19.1 Å². The van der Waals surface area contributed by atoms with Gasteiger partial charge < -0.3 is 23.1 Å². The molecule has 0 fully saturated rings. The van der Waals surface area contributed by atoms with Crippen molar-refractivity contribution in [2.24, 2.45) is 0 Å². The molecule has 0 rings (SSSR count). The van der Waals surface area contributed by atoms with Crippen molar-refractivity contribution in [3.63, 3.8) is 0 Å². The second-order valence-corrected chi connectivity index (χ2v) is 6.40. The van der Waals surface area contributed by atoms with Gasteiger partial charge in [0.15, 0.2) is 0 Å². The van der Waals surface area contributed by atoms with Gasteiger partial charge in [0.05, 0.1) is 6.61 Å². The van der Waals surface area contributed by atoms with E-state index in [1.165, 1.54) is 0 Å². The van der Waals surface area contributed by atoms with Crippen LogP contribution in [0, 0.1) is 0 Å². The van der Waals surface area contributed by atoms with Crippen LogP contribution in [0.2, 0.25) is 6.04 Å².